The summed E-state index contributed by atoms with van der Waals surface area (Å²) in [6.45, 7) is 2.02. The van der Waals surface area contributed by atoms with Crippen LogP contribution in [0.15, 0.2) is 36.4 Å². The Balaban J connectivity index is 0. The smallest absolute Gasteiger partial charge is 1.00 e. The molecule has 0 saturated carbocycles. The molecule has 1 aromatic rings. The van der Waals surface area contributed by atoms with Gasteiger partial charge in [-0.2, -0.15) is 0 Å². The van der Waals surface area contributed by atoms with Gasteiger partial charge in [0, 0.05) is 0 Å². The maximum atomic E-state index is 2.08. The monoisotopic (exact) mass is 126 g/mol. The van der Waals surface area contributed by atoms with Crippen LogP contribution in [0.3, 0.4) is 0 Å². The first kappa shape index (κ1) is 9.56. The van der Waals surface area contributed by atoms with Gasteiger partial charge in [0.15, 0.2) is 0 Å². The van der Waals surface area contributed by atoms with Crippen LogP contribution in [0.2, 0.25) is 0 Å². The fourth-order valence-electron chi connectivity index (χ4n) is 0.757. The van der Waals surface area contributed by atoms with Crippen molar-refractivity contribution in [1.29, 1.82) is 0 Å². The van der Waals surface area contributed by atoms with Gasteiger partial charge in [-0.15, -0.1) is 0 Å². The largest absolute Gasteiger partial charge is 1.00 e. The summed E-state index contributed by atoms with van der Waals surface area (Å²) < 4.78 is 0. The van der Waals surface area contributed by atoms with Crippen molar-refractivity contribution >= 4 is 6.08 Å². The van der Waals surface area contributed by atoms with Gasteiger partial charge in [0.2, 0.25) is 0 Å². The third-order valence-electron chi connectivity index (χ3n) is 1.16. The summed E-state index contributed by atoms with van der Waals surface area (Å²) in [5.41, 5.74) is 1.26. The van der Waals surface area contributed by atoms with Gasteiger partial charge in [-0.25, -0.2) is 0 Å². The first-order chi connectivity index (χ1) is 4.43. The molecule has 0 saturated heterocycles. The fraction of sp³-hybridized carbons (Fsp3) is 0.111. The summed E-state index contributed by atoms with van der Waals surface area (Å²) in [7, 11) is 0. The van der Waals surface area contributed by atoms with Gasteiger partial charge < -0.3 is 1.43 Å². The SMILES string of the molecule is C/C=C/c1ccccc1.[H-].[Li+]. The molecular formula is C9H11Li. The molecule has 0 nitrogen and oxygen atoms in total. The van der Waals surface area contributed by atoms with E-state index in [4.69, 9.17) is 0 Å². The zero-order valence-electron chi connectivity index (χ0n) is 7.54. The van der Waals surface area contributed by atoms with E-state index in [2.05, 4.69) is 18.2 Å². The minimum Gasteiger partial charge on any atom is -1.00 e. The molecule has 48 valence electrons. The van der Waals surface area contributed by atoms with Gasteiger partial charge in [0.25, 0.3) is 0 Å². The predicted molar refractivity (Wildman–Crippen MR) is 42.3 cm³/mol. The first-order valence-electron chi connectivity index (χ1n) is 3.11. The van der Waals surface area contributed by atoms with E-state index in [1.54, 1.807) is 0 Å². The molecule has 0 amide bonds. The van der Waals surface area contributed by atoms with Crippen LogP contribution >= 0.6 is 0 Å². The maximum absolute atomic E-state index is 2.08. The van der Waals surface area contributed by atoms with E-state index in [0.29, 0.717) is 0 Å². The van der Waals surface area contributed by atoms with Crippen LogP contribution in [0.25, 0.3) is 6.08 Å². The van der Waals surface area contributed by atoms with Crippen LogP contribution < -0.4 is 18.9 Å². The average Bonchev–Trinajstić information content (AvgIpc) is 1.91. The Bertz CT molecular complexity index is 194. The van der Waals surface area contributed by atoms with Crippen LogP contribution in [0.5, 0.6) is 0 Å². The molecule has 0 aliphatic heterocycles. The van der Waals surface area contributed by atoms with Crippen LogP contribution in [0.1, 0.15) is 13.9 Å². The molecule has 1 rings (SSSR count). The maximum Gasteiger partial charge on any atom is 1.00 e. The second kappa shape index (κ2) is 5.35. The van der Waals surface area contributed by atoms with Crippen LogP contribution in [-0.2, 0) is 0 Å². The van der Waals surface area contributed by atoms with Crippen LogP contribution in [0, 0.1) is 0 Å². The predicted octanol–water partition coefficient (Wildman–Crippen LogP) is -0.164. The molecule has 0 aliphatic carbocycles. The number of benzene rings is 1. The summed E-state index contributed by atoms with van der Waals surface area (Å²) in [6, 6.07) is 10.3. The third-order valence-corrected chi connectivity index (χ3v) is 1.16. The van der Waals surface area contributed by atoms with E-state index in [-0.39, 0.29) is 20.3 Å². The van der Waals surface area contributed by atoms with Gasteiger partial charge in [-0.05, 0) is 12.5 Å². The zero-order valence-corrected chi connectivity index (χ0v) is 6.54. The van der Waals surface area contributed by atoms with Crippen molar-refractivity contribution in [3.8, 4) is 0 Å². The quantitative estimate of drug-likeness (QED) is 0.458. The van der Waals surface area contributed by atoms with Crippen molar-refractivity contribution in [1.82, 2.24) is 0 Å². The van der Waals surface area contributed by atoms with Crippen molar-refractivity contribution in [3.63, 3.8) is 0 Å². The van der Waals surface area contributed by atoms with Crippen molar-refractivity contribution in [2.24, 2.45) is 0 Å². The number of rotatable bonds is 1. The van der Waals surface area contributed by atoms with Gasteiger partial charge in [0.1, 0.15) is 0 Å². The Morgan fingerprint density at radius 3 is 2.30 bits per heavy atom. The summed E-state index contributed by atoms with van der Waals surface area (Å²) in [6.07, 6.45) is 4.12. The van der Waals surface area contributed by atoms with Gasteiger partial charge >= 0.3 is 18.9 Å². The topological polar surface area (TPSA) is 0 Å². The fourth-order valence-corrected chi connectivity index (χ4v) is 0.757. The van der Waals surface area contributed by atoms with E-state index >= 15 is 0 Å². The second-order valence-corrected chi connectivity index (χ2v) is 1.91. The molecule has 0 spiro atoms. The van der Waals surface area contributed by atoms with E-state index in [9.17, 15) is 0 Å². The Hall–Kier alpha value is -0.443. The minimum atomic E-state index is 0. The van der Waals surface area contributed by atoms with Crippen molar-refractivity contribution < 1.29 is 20.3 Å². The molecule has 0 unspecified atom stereocenters. The van der Waals surface area contributed by atoms with E-state index < -0.39 is 0 Å². The summed E-state index contributed by atoms with van der Waals surface area (Å²) in [5, 5.41) is 0. The number of hydrogen-bond acceptors (Lipinski definition) is 0. The normalized spacial score (nSPS) is 9.30. The van der Waals surface area contributed by atoms with Crippen molar-refractivity contribution in [2.75, 3.05) is 0 Å². The average molecular weight is 126 g/mol. The third kappa shape index (κ3) is 2.92. The van der Waals surface area contributed by atoms with Gasteiger partial charge in [0.05, 0.1) is 0 Å². The molecule has 0 radical (unpaired) electrons. The summed E-state index contributed by atoms with van der Waals surface area (Å²) in [4.78, 5) is 0. The molecule has 0 heterocycles. The van der Waals surface area contributed by atoms with Gasteiger partial charge in [-0.1, -0.05) is 42.5 Å². The van der Waals surface area contributed by atoms with Crippen molar-refractivity contribution in [2.45, 2.75) is 6.92 Å². The molecule has 0 bridgehead atoms. The minimum absolute atomic E-state index is 0. The molecule has 0 N–H and O–H groups in total. The molecule has 0 atom stereocenters. The molecular weight excluding hydrogens is 115 g/mol. The Labute approximate surface area is 75.6 Å². The van der Waals surface area contributed by atoms with Crippen LogP contribution in [0.4, 0.5) is 0 Å². The van der Waals surface area contributed by atoms with Gasteiger partial charge in [-0.3, -0.25) is 0 Å². The molecule has 10 heavy (non-hydrogen) atoms. The number of allylic oxidation sites excluding steroid dienone is 1. The second-order valence-electron chi connectivity index (χ2n) is 1.91. The Morgan fingerprint density at radius 1 is 1.20 bits per heavy atom. The summed E-state index contributed by atoms with van der Waals surface area (Å²) in [5.74, 6) is 0. The van der Waals surface area contributed by atoms with E-state index in [0.717, 1.165) is 0 Å². The Kier molecular flexibility index (Phi) is 5.11. The zero-order chi connectivity index (χ0) is 6.53. The number of hydrogen-bond donors (Lipinski definition) is 0. The van der Waals surface area contributed by atoms with E-state index in [1.165, 1.54) is 5.56 Å². The Morgan fingerprint density at radius 2 is 1.80 bits per heavy atom. The summed E-state index contributed by atoms with van der Waals surface area (Å²) >= 11 is 0. The standard InChI is InChI=1S/C9H10.Li.H/c1-2-6-9-7-4-3-5-8-9;;/h2-8H,1H3;;/q;+1;-1/b6-2+;;. The molecule has 1 aromatic carbocycles. The molecule has 0 aliphatic rings. The van der Waals surface area contributed by atoms with Crippen molar-refractivity contribution in [3.05, 3.63) is 42.0 Å². The molecule has 1 heteroatoms. The molecule has 0 aromatic heterocycles. The first-order valence-corrected chi connectivity index (χ1v) is 3.11. The van der Waals surface area contributed by atoms with Crippen LogP contribution in [-0.4, -0.2) is 0 Å². The molecule has 0 fully saturated rings. The van der Waals surface area contributed by atoms with E-state index in [1.807, 2.05) is 31.2 Å².